The van der Waals surface area contributed by atoms with Gasteiger partial charge in [0, 0.05) is 16.8 Å². The molecule has 31 heavy (non-hydrogen) atoms. The molecule has 0 unspecified atom stereocenters. The van der Waals surface area contributed by atoms with Gasteiger partial charge >= 0.3 is 0 Å². The minimum atomic E-state index is -3.70. The van der Waals surface area contributed by atoms with Crippen molar-refractivity contribution in [2.75, 3.05) is 11.9 Å². The summed E-state index contributed by atoms with van der Waals surface area (Å²) in [6, 6.07) is 20.1. The monoisotopic (exact) mass is 458 g/mol. The quantitative estimate of drug-likeness (QED) is 0.512. The first-order chi connectivity index (χ1) is 14.7. The Morgan fingerprint density at radius 1 is 1.03 bits per heavy atom. The molecule has 0 aromatic heterocycles. The first-order valence-electron chi connectivity index (χ1n) is 9.61. The van der Waals surface area contributed by atoms with Crippen molar-refractivity contribution in [3.8, 4) is 5.75 Å². The smallest absolute Gasteiger partial charge is 0.262 e. The van der Waals surface area contributed by atoms with E-state index in [0.29, 0.717) is 16.5 Å². The second kappa shape index (κ2) is 9.96. The first-order valence-corrected chi connectivity index (χ1v) is 11.5. The lowest BCUT2D eigenvalue weighted by Gasteiger charge is -2.15. The second-order valence-corrected chi connectivity index (χ2v) is 9.17. The van der Waals surface area contributed by atoms with E-state index in [4.69, 9.17) is 16.3 Å². The van der Waals surface area contributed by atoms with Crippen LogP contribution in [0.1, 0.15) is 24.1 Å². The Morgan fingerprint density at radius 3 is 2.39 bits per heavy atom. The van der Waals surface area contributed by atoms with E-state index in [-0.39, 0.29) is 23.5 Å². The Hall–Kier alpha value is -2.87. The molecular formula is C23H23ClN2O4S. The molecule has 1 atom stereocenters. The summed E-state index contributed by atoms with van der Waals surface area (Å²) in [5.41, 5.74) is 2.36. The Labute approximate surface area is 187 Å². The fraction of sp³-hybridized carbons (Fsp3) is 0.174. The van der Waals surface area contributed by atoms with Crippen LogP contribution in [0.15, 0.2) is 77.7 Å². The maximum absolute atomic E-state index is 12.6. The molecule has 3 aromatic carbocycles. The summed E-state index contributed by atoms with van der Waals surface area (Å²) in [4.78, 5) is 12.3. The van der Waals surface area contributed by atoms with E-state index in [9.17, 15) is 13.2 Å². The average molecular weight is 459 g/mol. The number of benzene rings is 3. The van der Waals surface area contributed by atoms with Gasteiger partial charge in [0.05, 0.1) is 4.90 Å². The van der Waals surface area contributed by atoms with E-state index in [1.807, 2.05) is 43.3 Å². The topological polar surface area (TPSA) is 84.5 Å². The summed E-state index contributed by atoms with van der Waals surface area (Å²) in [7, 11) is -3.70. The molecule has 6 nitrogen and oxygen atoms in total. The van der Waals surface area contributed by atoms with Gasteiger partial charge in [-0.1, -0.05) is 48.0 Å². The predicted molar refractivity (Wildman–Crippen MR) is 122 cm³/mol. The predicted octanol–water partition coefficient (Wildman–Crippen LogP) is 4.71. The fourth-order valence-corrected chi connectivity index (χ4v) is 4.29. The van der Waals surface area contributed by atoms with Crippen molar-refractivity contribution in [1.82, 2.24) is 4.72 Å². The van der Waals surface area contributed by atoms with Gasteiger partial charge in [0.15, 0.2) is 6.61 Å². The van der Waals surface area contributed by atoms with Crippen molar-refractivity contribution in [3.63, 3.8) is 0 Å². The van der Waals surface area contributed by atoms with Crippen LogP contribution < -0.4 is 14.8 Å². The molecule has 0 aliphatic heterocycles. The normalized spacial score (nSPS) is 12.2. The highest BCUT2D eigenvalue weighted by atomic mass is 35.5. The largest absolute Gasteiger partial charge is 0.484 e. The van der Waals surface area contributed by atoms with Crippen molar-refractivity contribution in [3.05, 3.63) is 88.9 Å². The van der Waals surface area contributed by atoms with E-state index in [1.54, 1.807) is 19.1 Å². The van der Waals surface area contributed by atoms with Gasteiger partial charge in [-0.3, -0.25) is 4.79 Å². The lowest BCUT2D eigenvalue weighted by Crippen LogP contribution is -2.26. The Kier molecular flexibility index (Phi) is 7.33. The molecule has 3 aromatic rings. The van der Waals surface area contributed by atoms with Crippen LogP contribution in [0.4, 0.5) is 5.69 Å². The Balaban J connectivity index is 1.58. The summed E-state index contributed by atoms with van der Waals surface area (Å²) < 4.78 is 33.4. The van der Waals surface area contributed by atoms with Gasteiger partial charge in [0.2, 0.25) is 10.0 Å². The van der Waals surface area contributed by atoms with Gasteiger partial charge < -0.3 is 10.1 Å². The number of amides is 1. The van der Waals surface area contributed by atoms with E-state index < -0.39 is 10.0 Å². The molecular weight excluding hydrogens is 436 g/mol. The number of aryl methyl sites for hydroxylation is 1. The third kappa shape index (κ3) is 6.30. The van der Waals surface area contributed by atoms with Crippen LogP contribution >= 0.6 is 11.6 Å². The lowest BCUT2D eigenvalue weighted by molar-refractivity contribution is -0.118. The SMILES string of the molecule is Cc1ccc(Cl)cc1NC(=O)COc1ccc(S(=O)(=O)N[C@H](C)c2ccccc2)cc1. The molecule has 0 aliphatic rings. The van der Waals surface area contributed by atoms with Gasteiger partial charge in [-0.15, -0.1) is 0 Å². The van der Waals surface area contributed by atoms with Crippen molar-refractivity contribution in [1.29, 1.82) is 0 Å². The van der Waals surface area contributed by atoms with Crippen LogP contribution in [0.2, 0.25) is 5.02 Å². The zero-order chi connectivity index (χ0) is 22.4. The van der Waals surface area contributed by atoms with Crippen molar-refractivity contribution >= 4 is 33.2 Å². The number of carbonyl (C=O) groups excluding carboxylic acids is 1. The number of ether oxygens (including phenoxy) is 1. The molecule has 0 aliphatic carbocycles. The molecule has 0 spiro atoms. The number of halogens is 1. The zero-order valence-electron chi connectivity index (χ0n) is 17.1. The number of rotatable bonds is 8. The molecule has 162 valence electrons. The summed E-state index contributed by atoms with van der Waals surface area (Å²) in [6.07, 6.45) is 0. The molecule has 1 amide bonds. The minimum absolute atomic E-state index is 0.113. The van der Waals surface area contributed by atoms with Crippen LogP contribution in [-0.4, -0.2) is 20.9 Å². The number of carbonyl (C=O) groups is 1. The first kappa shape index (κ1) is 22.8. The van der Waals surface area contributed by atoms with Gasteiger partial charge in [-0.2, -0.15) is 0 Å². The fourth-order valence-electron chi connectivity index (χ4n) is 2.89. The summed E-state index contributed by atoms with van der Waals surface area (Å²) in [5, 5.41) is 3.26. The van der Waals surface area contributed by atoms with E-state index in [2.05, 4.69) is 10.0 Å². The molecule has 0 saturated heterocycles. The van der Waals surface area contributed by atoms with E-state index >= 15 is 0 Å². The standard InChI is InChI=1S/C23H23ClN2O4S/c1-16-8-9-19(24)14-22(16)25-23(27)15-30-20-10-12-21(13-11-20)31(28,29)26-17(2)18-6-4-3-5-7-18/h3-14,17,26H,15H2,1-2H3,(H,25,27)/t17-/m1/s1. The Morgan fingerprint density at radius 2 is 1.71 bits per heavy atom. The molecule has 8 heteroatoms. The van der Waals surface area contributed by atoms with Crippen LogP contribution in [-0.2, 0) is 14.8 Å². The van der Waals surface area contributed by atoms with Gasteiger partial charge in [-0.25, -0.2) is 13.1 Å². The van der Waals surface area contributed by atoms with Gasteiger partial charge in [0.1, 0.15) is 5.75 Å². The van der Waals surface area contributed by atoms with E-state index in [0.717, 1.165) is 11.1 Å². The van der Waals surface area contributed by atoms with Crippen LogP contribution in [0.5, 0.6) is 5.75 Å². The van der Waals surface area contributed by atoms with Crippen LogP contribution in [0.25, 0.3) is 0 Å². The minimum Gasteiger partial charge on any atom is -0.484 e. The number of hydrogen-bond acceptors (Lipinski definition) is 4. The molecule has 0 saturated carbocycles. The van der Waals surface area contributed by atoms with Crippen molar-refractivity contribution in [2.24, 2.45) is 0 Å². The maximum atomic E-state index is 12.6. The summed E-state index contributed by atoms with van der Waals surface area (Å²) >= 11 is 5.95. The van der Waals surface area contributed by atoms with Crippen LogP contribution in [0, 0.1) is 6.92 Å². The highest BCUT2D eigenvalue weighted by Crippen LogP contribution is 2.21. The molecule has 0 fully saturated rings. The number of hydrogen-bond donors (Lipinski definition) is 2. The summed E-state index contributed by atoms with van der Waals surface area (Å²) in [6.45, 7) is 3.42. The average Bonchev–Trinajstić information content (AvgIpc) is 2.75. The summed E-state index contributed by atoms with van der Waals surface area (Å²) in [5.74, 6) is 0.0356. The maximum Gasteiger partial charge on any atom is 0.262 e. The molecule has 0 bridgehead atoms. The molecule has 0 heterocycles. The third-order valence-corrected chi connectivity index (χ3v) is 6.40. The molecule has 0 radical (unpaired) electrons. The lowest BCUT2D eigenvalue weighted by atomic mass is 10.1. The number of sulfonamides is 1. The number of nitrogens with one attached hydrogen (secondary N) is 2. The Bertz CT molecular complexity index is 1150. The second-order valence-electron chi connectivity index (χ2n) is 7.02. The highest BCUT2D eigenvalue weighted by molar-refractivity contribution is 7.89. The number of anilines is 1. The van der Waals surface area contributed by atoms with Gasteiger partial charge in [-0.05, 0) is 61.4 Å². The highest BCUT2D eigenvalue weighted by Gasteiger charge is 2.18. The van der Waals surface area contributed by atoms with Crippen molar-refractivity contribution in [2.45, 2.75) is 24.8 Å². The molecule has 3 rings (SSSR count). The van der Waals surface area contributed by atoms with Crippen molar-refractivity contribution < 1.29 is 17.9 Å². The molecule has 2 N–H and O–H groups in total. The van der Waals surface area contributed by atoms with Crippen LogP contribution in [0.3, 0.4) is 0 Å². The van der Waals surface area contributed by atoms with Gasteiger partial charge in [0.25, 0.3) is 5.91 Å². The third-order valence-electron chi connectivity index (χ3n) is 4.61. The zero-order valence-corrected chi connectivity index (χ0v) is 18.7. The van der Waals surface area contributed by atoms with E-state index in [1.165, 1.54) is 24.3 Å².